The van der Waals surface area contributed by atoms with Crippen LogP contribution in [-0.4, -0.2) is 46.1 Å². The van der Waals surface area contributed by atoms with Crippen LogP contribution in [0.15, 0.2) is 48.8 Å². The Kier molecular flexibility index (Phi) is 5.65. The fourth-order valence-corrected chi connectivity index (χ4v) is 3.81. The number of morpholine rings is 1. The molecule has 0 saturated carbocycles. The number of hydrogen-bond acceptors (Lipinski definition) is 5. The van der Waals surface area contributed by atoms with Gasteiger partial charge in [-0.05, 0) is 49.7 Å². The molecular formula is C22H23ClN4O2. The number of rotatable bonds is 4. The van der Waals surface area contributed by atoms with Crippen LogP contribution in [-0.2, 0) is 11.3 Å². The number of halogens is 1. The summed E-state index contributed by atoms with van der Waals surface area (Å²) in [5.74, 6) is 0.799. The molecule has 0 spiro atoms. The number of hydrogen-bond donors (Lipinski definition) is 1. The summed E-state index contributed by atoms with van der Waals surface area (Å²) in [7, 11) is 0. The van der Waals surface area contributed by atoms with Crippen molar-refractivity contribution in [2.24, 2.45) is 0 Å². The molecule has 0 aliphatic carbocycles. The summed E-state index contributed by atoms with van der Waals surface area (Å²) in [5, 5.41) is 4.90. The topological polar surface area (TPSA) is 67.4 Å². The zero-order chi connectivity index (χ0) is 20.4. The Morgan fingerprint density at radius 3 is 2.59 bits per heavy atom. The number of fused-ring (bicyclic) bond motifs is 1. The first-order valence-corrected chi connectivity index (χ1v) is 10.0. The third-order valence-corrected chi connectivity index (χ3v) is 5.20. The van der Waals surface area contributed by atoms with E-state index in [9.17, 15) is 4.79 Å². The second kappa shape index (κ2) is 8.35. The Labute approximate surface area is 174 Å². The highest BCUT2D eigenvalue weighted by Crippen LogP contribution is 2.23. The molecule has 3 aromatic rings. The summed E-state index contributed by atoms with van der Waals surface area (Å²) in [6.07, 6.45) is 1.64. The highest BCUT2D eigenvalue weighted by Gasteiger charge is 2.26. The SMILES string of the molecule is CC1CN(C(=O)c2ccc(CNc3ncnc4cc(Cl)ccc34)cc2)CC(C)O1. The van der Waals surface area contributed by atoms with Crippen LogP contribution >= 0.6 is 11.6 Å². The van der Waals surface area contributed by atoms with E-state index in [0.717, 1.165) is 22.3 Å². The van der Waals surface area contributed by atoms with Crippen LogP contribution in [0.3, 0.4) is 0 Å². The number of benzene rings is 2. The maximum absolute atomic E-state index is 12.8. The molecule has 1 aliphatic rings. The lowest BCUT2D eigenvalue weighted by Gasteiger charge is -2.35. The van der Waals surface area contributed by atoms with Gasteiger partial charge >= 0.3 is 0 Å². The lowest BCUT2D eigenvalue weighted by atomic mass is 10.1. The lowest BCUT2D eigenvalue weighted by Crippen LogP contribution is -2.48. The van der Waals surface area contributed by atoms with Gasteiger partial charge in [0.05, 0.1) is 17.7 Å². The Morgan fingerprint density at radius 2 is 1.86 bits per heavy atom. The molecule has 1 saturated heterocycles. The van der Waals surface area contributed by atoms with Crippen molar-refractivity contribution >= 4 is 34.2 Å². The third kappa shape index (κ3) is 4.49. The Morgan fingerprint density at radius 1 is 1.14 bits per heavy atom. The molecule has 2 aromatic carbocycles. The number of carbonyl (C=O) groups is 1. The molecule has 1 aromatic heterocycles. The maximum Gasteiger partial charge on any atom is 0.254 e. The monoisotopic (exact) mass is 410 g/mol. The quantitative estimate of drug-likeness (QED) is 0.700. The van der Waals surface area contributed by atoms with Crippen molar-refractivity contribution in [1.29, 1.82) is 0 Å². The number of carbonyl (C=O) groups excluding carboxylic acids is 1. The second-order valence-electron chi connectivity index (χ2n) is 7.40. The zero-order valence-corrected chi connectivity index (χ0v) is 17.2. The van der Waals surface area contributed by atoms with E-state index in [1.807, 2.05) is 61.2 Å². The maximum atomic E-state index is 12.8. The van der Waals surface area contributed by atoms with Crippen molar-refractivity contribution in [3.63, 3.8) is 0 Å². The number of nitrogens with zero attached hydrogens (tertiary/aromatic N) is 3. The van der Waals surface area contributed by atoms with Gasteiger partial charge in [0, 0.05) is 35.6 Å². The van der Waals surface area contributed by atoms with E-state index in [1.165, 1.54) is 6.33 Å². The summed E-state index contributed by atoms with van der Waals surface area (Å²) in [6.45, 7) is 5.83. The van der Waals surface area contributed by atoms with Gasteiger partial charge in [0.15, 0.2) is 0 Å². The smallest absolute Gasteiger partial charge is 0.254 e. The molecule has 1 amide bonds. The number of amides is 1. The van der Waals surface area contributed by atoms with E-state index in [2.05, 4.69) is 15.3 Å². The summed E-state index contributed by atoms with van der Waals surface area (Å²) in [4.78, 5) is 23.2. The van der Waals surface area contributed by atoms with E-state index in [1.54, 1.807) is 0 Å². The normalized spacial score (nSPS) is 19.3. The van der Waals surface area contributed by atoms with Crippen LogP contribution in [0, 0.1) is 0 Å². The molecule has 6 nitrogen and oxygen atoms in total. The molecular weight excluding hydrogens is 388 g/mol. The predicted octanol–water partition coefficient (Wildman–Crippen LogP) is 4.14. The average molecular weight is 411 g/mol. The largest absolute Gasteiger partial charge is 0.372 e. The van der Waals surface area contributed by atoms with Gasteiger partial charge in [-0.3, -0.25) is 4.79 Å². The first-order chi connectivity index (χ1) is 14.0. The fourth-order valence-electron chi connectivity index (χ4n) is 3.65. The van der Waals surface area contributed by atoms with Gasteiger partial charge in [-0.2, -0.15) is 0 Å². The number of anilines is 1. The van der Waals surface area contributed by atoms with Crippen LogP contribution in [0.4, 0.5) is 5.82 Å². The number of ether oxygens (including phenoxy) is 1. The van der Waals surface area contributed by atoms with Gasteiger partial charge in [-0.1, -0.05) is 23.7 Å². The summed E-state index contributed by atoms with van der Waals surface area (Å²) < 4.78 is 5.71. The standard InChI is InChI=1S/C22H23ClN4O2/c1-14-11-27(12-15(2)29-14)22(28)17-5-3-16(4-6-17)10-24-21-19-8-7-18(23)9-20(19)25-13-26-21/h3-9,13-15H,10-12H2,1-2H3,(H,24,25,26). The number of aromatic nitrogens is 2. The van der Waals surface area contributed by atoms with Crippen molar-refractivity contribution in [1.82, 2.24) is 14.9 Å². The molecule has 0 bridgehead atoms. The van der Waals surface area contributed by atoms with E-state index in [-0.39, 0.29) is 18.1 Å². The molecule has 150 valence electrons. The average Bonchev–Trinajstić information content (AvgIpc) is 2.71. The molecule has 29 heavy (non-hydrogen) atoms. The zero-order valence-electron chi connectivity index (χ0n) is 16.4. The van der Waals surface area contributed by atoms with Gasteiger partial charge in [0.1, 0.15) is 12.1 Å². The van der Waals surface area contributed by atoms with E-state index in [0.29, 0.717) is 30.2 Å². The predicted molar refractivity (Wildman–Crippen MR) is 114 cm³/mol. The highest BCUT2D eigenvalue weighted by molar-refractivity contribution is 6.31. The van der Waals surface area contributed by atoms with Crippen molar-refractivity contribution in [3.8, 4) is 0 Å². The van der Waals surface area contributed by atoms with Crippen LogP contribution in [0.2, 0.25) is 5.02 Å². The molecule has 2 heterocycles. The minimum Gasteiger partial charge on any atom is -0.372 e. The molecule has 1 N–H and O–H groups in total. The van der Waals surface area contributed by atoms with Gasteiger partial charge in [0.25, 0.3) is 5.91 Å². The molecule has 2 atom stereocenters. The summed E-state index contributed by atoms with van der Waals surface area (Å²) >= 11 is 6.04. The summed E-state index contributed by atoms with van der Waals surface area (Å²) in [5.41, 5.74) is 2.55. The van der Waals surface area contributed by atoms with Crippen molar-refractivity contribution in [2.45, 2.75) is 32.6 Å². The lowest BCUT2D eigenvalue weighted by molar-refractivity contribution is -0.0586. The molecule has 7 heteroatoms. The molecule has 2 unspecified atom stereocenters. The van der Waals surface area contributed by atoms with Crippen molar-refractivity contribution in [2.75, 3.05) is 18.4 Å². The molecule has 1 fully saturated rings. The minimum absolute atomic E-state index is 0.0465. The Hall–Kier alpha value is -2.70. The van der Waals surface area contributed by atoms with Crippen LogP contribution in [0.1, 0.15) is 29.8 Å². The van der Waals surface area contributed by atoms with Crippen molar-refractivity contribution < 1.29 is 9.53 Å². The van der Waals surface area contributed by atoms with Gasteiger partial charge in [-0.15, -0.1) is 0 Å². The van der Waals surface area contributed by atoms with Gasteiger partial charge in [0.2, 0.25) is 0 Å². The van der Waals surface area contributed by atoms with Crippen molar-refractivity contribution in [3.05, 3.63) is 64.9 Å². The Bertz CT molecular complexity index is 1020. The van der Waals surface area contributed by atoms with E-state index >= 15 is 0 Å². The first-order valence-electron chi connectivity index (χ1n) is 9.67. The van der Waals surface area contributed by atoms with E-state index < -0.39 is 0 Å². The fraction of sp³-hybridized carbons (Fsp3) is 0.318. The van der Waals surface area contributed by atoms with Gasteiger partial charge < -0.3 is 15.0 Å². The molecule has 0 radical (unpaired) electrons. The molecule has 4 rings (SSSR count). The van der Waals surface area contributed by atoms with Crippen LogP contribution in [0.5, 0.6) is 0 Å². The second-order valence-corrected chi connectivity index (χ2v) is 7.84. The third-order valence-electron chi connectivity index (χ3n) is 4.97. The highest BCUT2D eigenvalue weighted by atomic mass is 35.5. The Balaban J connectivity index is 1.43. The summed E-state index contributed by atoms with van der Waals surface area (Å²) in [6, 6.07) is 13.2. The van der Waals surface area contributed by atoms with E-state index in [4.69, 9.17) is 16.3 Å². The molecule has 1 aliphatic heterocycles. The van der Waals surface area contributed by atoms with Crippen LogP contribution in [0.25, 0.3) is 10.9 Å². The van der Waals surface area contributed by atoms with Gasteiger partial charge in [-0.25, -0.2) is 9.97 Å². The van der Waals surface area contributed by atoms with Crippen LogP contribution < -0.4 is 5.32 Å². The first kappa shape index (κ1) is 19.6. The number of nitrogens with one attached hydrogen (secondary N) is 1. The minimum atomic E-state index is 0.0465.